The molecule has 18 heavy (non-hydrogen) atoms. The molecule has 102 valence electrons. The smallest absolute Gasteiger partial charge is 0.220 e. The molecule has 1 amide bonds. The minimum Gasteiger partial charge on any atom is -0.347 e. The highest BCUT2D eigenvalue weighted by atomic mass is 32.1. The number of hydrogen-bond donors (Lipinski definition) is 2. The molecule has 2 unspecified atom stereocenters. The second kappa shape index (κ2) is 7.48. The van der Waals surface area contributed by atoms with Crippen molar-refractivity contribution in [2.24, 2.45) is 11.7 Å². The Morgan fingerprint density at radius 2 is 2.22 bits per heavy atom. The summed E-state index contributed by atoms with van der Waals surface area (Å²) in [7, 11) is 0. The van der Waals surface area contributed by atoms with Gasteiger partial charge < -0.3 is 11.1 Å². The highest BCUT2D eigenvalue weighted by molar-refractivity contribution is 7.09. The van der Waals surface area contributed by atoms with Gasteiger partial charge in [0.15, 0.2) is 0 Å². The van der Waals surface area contributed by atoms with Gasteiger partial charge in [0.05, 0.1) is 6.04 Å². The lowest BCUT2D eigenvalue weighted by atomic mass is 10.0. The van der Waals surface area contributed by atoms with Crippen molar-refractivity contribution in [1.82, 2.24) is 10.3 Å². The number of nitrogens with two attached hydrogens (primary N) is 1. The van der Waals surface area contributed by atoms with Crippen LogP contribution in [0.3, 0.4) is 0 Å². The first-order chi connectivity index (χ1) is 8.52. The fraction of sp³-hybridized carbons (Fsp3) is 0.692. The van der Waals surface area contributed by atoms with E-state index in [1.807, 2.05) is 19.2 Å². The Balaban J connectivity index is 2.31. The first kappa shape index (κ1) is 15.1. The van der Waals surface area contributed by atoms with E-state index in [2.05, 4.69) is 17.2 Å². The lowest BCUT2D eigenvalue weighted by Gasteiger charge is -2.13. The van der Waals surface area contributed by atoms with E-state index in [4.69, 9.17) is 5.73 Å². The summed E-state index contributed by atoms with van der Waals surface area (Å²) in [4.78, 5) is 16.2. The van der Waals surface area contributed by atoms with Gasteiger partial charge >= 0.3 is 0 Å². The molecule has 5 heteroatoms. The van der Waals surface area contributed by atoms with Crippen molar-refractivity contribution in [2.75, 3.05) is 6.54 Å². The van der Waals surface area contributed by atoms with Crippen LogP contribution in [-0.2, 0) is 4.79 Å². The Kier molecular flexibility index (Phi) is 6.29. The van der Waals surface area contributed by atoms with Gasteiger partial charge in [-0.15, -0.1) is 11.3 Å². The van der Waals surface area contributed by atoms with Crippen molar-refractivity contribution in [3.8, 4) is 0 Å². The third-order valence-corrected chi connectivity index (χ3v) is 4.05. The first-order valence-electron chi connectivity index (χ1n) is 6.44. The third-order valence-electron chi connectivity index (χ3n) is 2.91. The average molecular weight is 269 g/mol. The number of thiazole rings is 1. The number of rotatable bonds is 7. The predicted molar refractivity (Wildman–Crippen MR) is 75.5 cm³/mol. The fourth-order valence-electron chi connectivity index (χ4n) is 1.75. The number of hydrogen-bond acceptors (Lipinski definition) is 4. The molecule has 0 bridgehead atoms. The molecule has 4 nitrogen and oxygen atoms in total. The van der Waals surface area contributed by atoms with Crippen LogP contribution < -0.4 is 11.1 Å². The maximum absolute atomic E-state index is 11.8. The molecule has 2 atom stereocenters. The largest absolute Gasteiger partial charge is 0.347 e. The van der Waals surface area contributed by atoms with Gasteiger partial charge in [-0.3, -0.25) is 4.79 Å². The molecule has 0 saturated heterocycles. The molecule has 0 fully saturated rings. The van der Waals surface area contributed by atoms with Crippen LogP contribution in [0.15, 0.2) is 5.38 Å². The van der Waals surface area contributed by atoms with Crippen LogP contribution in [0, 0.1) is 12.8 Å². The van der Waals surface area contributed by atoms with Gasteiger partial charge in [-0.1, -0.05) is 6.92 Å². The molecule has 0 spiro atoms. The number of aromatic nitrogens is 1. The Labute approximate surface area is 113 Å². The maximum Gasteiger partial charge on any atom is 0.220 e. The molecule has 0 radical (unpaired) electrons. The van der Waals surface area contributed by atoms with E-state index in [1.165, 1.54) is 0 Å². The summed E-state index contributed by atoms with van der Waals surface area (Å²) in [6, 6.07) is 0.000939. The topological polar surface area (TPSA) is 68.0 Å². The molecule has 1 aromatic heterocycles. The van der Waals surface area contributed by atoms with E-state index in [0.29, 0.717) is 18.9 Å². The van der Waals surface area contributed by atoms with Crippen molar-refractivity contribution in [1.29, 1.82) is 0 Å². The summed E-state index contributed by atoms with van der Waals surface area (Å²) in [5, 5.41) is 5.95. The van der Waals surface area contributed by atoms with Gasteiger partial charge in [0.2, 0.25) is 5.91 Å². The number of aryl methyl sites for hydroxylation is 1. The molecule has 1 rings (SSSR count). The van der Waals surface area contributed by atoms with E-state index in [9.17, 15) is 4.79 Å². The molecule has 3 N–H and O–H groups in total. The number of carbonyl (C=O) groups is 1. The Hall–Kier alpha value is -0.940. The zero-order chi connectivity index (χ0) is 13.5. The van der Waals surface area contributed by atoms with Crippen LogP contribution in [0.25, 0.3) is 0 Å². The summed E-state index contributed by atoms with van der Waals surface area (Å²) in [6.07, 6.45) is 2.44. The zero-order valence-corrected chi connectivity index (χ0v) is 12.2. The molecule has 0 aliphatic carbocycles. The van der Waals surface area contributed by atoms with Crippen LogP contribution in [0.1, 0.15) is 49.9 Å². The first-order valence-corrected chi connectivity index (χ1v) is 7.32. The molecule has 1 aromatic rings. The fourth-order valence-corrected chi connectivity index (χ4v) is 2.56. The van der Waals surface area contributed by atoms with E-state index >= 15 is 0 Å². The molecule has 0 aromatic carbocycles. The van der Waals surface area contributed by atoms with Gasteiger partial charge in [0.25, 0.3) is 0 Å². The third kappa shape index (κ3) is 5.14. The Morgan fingerprint density at radius 1 is 1.50 bits per heavy atom. The lowest BCUT2D eigenvalue weighted by molar-refractivity contribution is -0.122. The SMILES string of the molecule is Cc1csc(C(C)NC(=O)CCC(C)CCN)n1. The second-order valence-corrected chi connectivity index (χ2v) is 5.73. The number of carbonyl (C=O) groups excluding carboxylic acids is 1. The zero-order valence-electron chi connectivity index (χ0n) is 11.4. The summed E-state index contributed by atoms with van der Waals surface area (Å²) in [6.45, 7) is 6.76. The Morgan fingerprint density at radius 3 is 2.78 bits per heavy atom. The summed E-state index contributed by atoms with van der Waals surface area (Å²) >= 11 is 1.59. The summed E-state index contributed by atoms with van der Waals surface area (Å²) < 4.78 is 0. The molecular formula is C13H23N3OS. The Bertz CT molecular complexity index is 378. The van der Waals surface area contributed by atoms with E-state index in [0.717, 1.165) is 23.5 Å². The van der Waals surface area contributed by atoms with E-state index in [1.54, 1.807) is 11.3 Å². The van der Waals surface area contributed by atoms with Gasteiger partial charge in [-0.2, -0.15) is 0 Å². The second-order valence-electron chi connectivity index (χ2n) is 4.84. The highest BCUT2D eigenvalue weighted by Crippen LogP contribution is 2.18. The van der Waals surface area contributed by atoms with Crippen molar-refractivity contribution in [2.45, 2.75) is 46.1 Å². The van der Waals surface area contributed by atoms with Crippen molar-refractivity contribution in [3.63, 3.8) is 0 Å². The maximum atomic E-state index is 11.8. The normalized spacial score (nSPS) is 14.2. The number of nitrogens with one attached hydrogen (secondary N) is 1. The van der Waals surface area contributed by atoms with E-state index in [-0.39, 0.29) is 11.9 Å². The summed E-state index contributed by atoms with van der Waals surface area (Å²) in [5.74, 6) is 0.609. The molecule has 0 saturated carbocycles. The lowest BCUT2D eigenvalue weighted by Crippen LogP contribution is -2.26. The van der Waals surface area contributed by atoms with Gasteiger partial charge in [-0.05, 0) is 39.2 Å². The van der Waals surface area contributed by atoms with Crippen LogP contribution >= 0.6 is 11.3 Å². The van der Waals surface area contributed by atoms with Crippen molar-refractivity contribution in [3.05, 3.63) is 16.1 Å². The van der Waals surface area contributed by atoms with Crippen LogP contribution in [0.2, 0.25) is 0 Å². The van der Waals surface area contributed by atoms with E-state index < -0.39 is 0 Å². The van der Waals surface area contributed by atoms with Gasteiger partial charge in [-0.25, -0.2) is 4.98 Å². The van der Waals surface area contributed by atoms with Gasteiger partial charge in [0.1, 0.15) is 5.01 Å². The molecular weight excluding hydrogens is 246 g/mol. The monoisotopic (exact) mass is 269 g/mol. The van der Waals surface area contributed by atoms with Crippen molar-refractivity contribution >= 4 is 17.2 Å². The summed E-state index contributed by atoms with van der Waals surface area (Å²) in [5.41, 5.74) is 6.49. The molecule has 0 aliphatic heterocycles. The predicted octanol–water partition coefficient (Wildman–Crippen LogP) is 2.39. The van der Waals surface area contributed by atoms with Gasteiger partial charge in [0, 0.05) is 17.5 Å². The quantitative estimate of drug-likeness (QED) is 0.798. The highest BCUT2D eigenvalue weighted by Gasteiger charge is 2.13. The standard InChI is InChI=1S/C13H23N3OS/c1-9(6-7-14)4-5-12(17)16-11(3)13-15-10(2)8-18-13/h8-9,11H,4-7,14H2,1-3H3,(H,16,17). The average Bonchev–Trinajstić information content (AvgIpc) is 2.74. The minimum absolute atomic E-state index is 0.000939. The number of nitrogens with zero attached hydrogens (tertiary/aromatic N) is 1. The van der Waals surface area contributed by atoms with Crippen LogP contribution in [0.4, 0.5) is 0 Å². The molecule has 0 aliphatic rings. The van der Waals surface area contributed by atoms with Crippen LogP contribution in [0.5, 0.6) is 0 Å². The molecule has 1 heterocycles. The number of amides is 1. The van der Waals surface area contributed by atoms with Crippen LogP contribution in [-0.4, -0.2) is 17.4 Å². The van der Waals surface area contributed by atoms with Crippen molar-refractivity contribution < 1.29 is 4.79 Å². The minimum atomic E-state index is 0.000939.